The normalized spacial score (nSPS) is 10.7. The van der Waals surface area contributed by atoms with E-state index in [2.05, 4.69) is 29.1 Å². The van der Waals surface area contributed by atoms with Crippen molar-refractivity contribution in [1.29, 1.82) is 0 Å². The molecule has 2 heterocycles. The van der Waals surface area contributed by atoms with Crippen LogP contribution in [0.15, 0.2) is 48.7 Å². The van der Waals surface area contributed by atoms with E-state index in [1.165, 1.54) is 29.7 Å². The third-order valence-electron chi connectivity index (χ3n) is 3.72. The Labute approximate surface area is 155 Å². The standard InChI is InChI=1S/C19H18N4O2S/c1-11(2)16-15(12-6-4-3-5-7-12)22-19(26-16)23-18(25)13-8-9-14(17(20)24)21-10-13/h3-11H,1-2H3,(H2,20,24)(H,22,23,25). The summed E-state index contributed by atoms with van der Waals surface area (Å²) in [7, 11) is 0. The number of nitrogens with two attached hydrogens (primary N) is 1. The van der Waals surface area contributed by atoms with Crippen molar-refractivity contribution in [3.8, 4) is 11.3 Å². The number of hydrogen-bond acceptors (Lipinski definition) is 5. The van der Waals surface area contributed by atoms with Gasteiger partial charge in [-0.1, -0.05) is 44.2 Å². The number of nitrogens with zero attached hydrogens (tertiary/aromatic N) is 2. The maximum atomic E-state index is 12.4. The fourth-order valence-corrected chi connectivity index (χ4v) is 3.41. The second kappa shape index (κ2) is 7.45. The molecule has 2 amide bonds. The highest BCUT2D eigenvalue weighted by atomic mass is 32.1. The Bertz CT molecular complexity index is 934. The average Bonchev–Trinajstić information content (AvgIpc) is 3.06. The van der Waals surface area contributed by atoms with Crippen LogP contribution in [0.3, 0.4) is 0 Å². The molecule has 3 rings (SSSR count). The van der Waals surface area contributed by atoms with Crippen LogP contribution >= 0.6 is 11.3 Å². The van der Waals surface area contributed by atoms with Crippen LogP contribution in [0.4, 0.5) is 5.13 Å². The van der Waals surface area contributed by atoms with Crippen LogP contribution in [0.25, 0.3) is 11.3 Å². The zero-order valence-electron chi connectivity index (χ0n) is 14.4. The van der Waals surface area contributed by atoms with Gasteiger partial charge in [0, 0.05) is 16.6 Å². The molecular weight excluding hydrogens is 348 g/mol. The van der Waals surface area contributed by atoms with Crippen molar-refractivity contribution in [1.82, 2.24) is 9.97 Å². The molecular formula is C19H18N4O2S. The lowest BCUT2D eigenvalue weighted by atomic mass is 10.1. The Hall–Kier alpha value is -3.06. The quantitative estimate of drug-likeness (QED) is 0.719. The molecule has 0 aliphatic rings. The van der Waals surface area contributed by atoms with Crippen LogP contribution in [0.1, 0.15) is 45.5 Å². The molecule has 26 heavy (non-hydrogen) atoms. The molecule has 0 spiro atoms. The van der Waals surface area contributed by atoms with Gasteiger partial charge < -0.3 is 5.73 Å². The molecule has 132 valence electrons. The van der Waals surface area contributed by atoms with Crippen LogP contribution in [-0.4, -0.2) is 21.8 Å². The van der Waals surface area contributed by atoms with Gasteiger partial charge in [-0.15, -0.1) is 11.3 Å². The zero-order chi connectivity index (χ0) is 18.7. The first-order valence-electron chi connectivity index (χ1n) is 8.09. The van der Waals surface area contributed by atoms with Gasteiger partial charge in [0.05, 0.1) is 11.3 Å². The number of pyridine rings is 1. The first kappa shape index (κ1) is 17.8. The minimum Gasteiger partial charge on any atom is -0.364 e. The molecule has 0 aliphatic heterocycles. The molecule has 2 aromatic heterocycles. The number of carbonyl (C=O) groups is 2. The molecule has 3 N–H and O–H groups in total. The van der Waals surface area contributed by atoms with E-state index in [1.807, 2.05) is 30.3 Å². The lowest BCUT2D eigenvalue weighted by Crippen LogP contribution is -2.15. The number of hydrogen-bond donors (Lipinski definition) is 2. The zero-order valence-corrected chi connectivity index (χ0v) is 15.2. The second-order valence-corrected chi connectivity index (χ2v) is 7.03. The minimum absolute atomic E-state index is 0.115. The minimum atomic E-state index is -0.633. The molecule has 1 aromatic carbocycles. The molecule has 0 saturated heterocycles. The number of carbonyl (C=O) groups excluding carboxylic acids is 2. The van der Waals surface area contributed by atoms with Gasteiger partial charge in [0.15, 0.2) is 5.13 Å². The molecule has 7 heteroatoms. The van der Waals surface area contributed by atoms with E-state index in [1.54, 1.807) is 0 Å². The van der Waals surface area contributed by atoms with Crippen molar-refractivity contribution in [3.63, 3.8) is 0 Å². The summed E-state index contributed by atoms with van der Waals surface area (Å²) in [4.78, 5) is 33.1. The molecule has 0 bridgehead atoms. The van der Waals surface area contributed by atoms with Gasteiger partial charge in [-0.05, 0) is 18.1 Å². The number of anilines is 1. The summed E-state index contributed by atoms with van der Waals surface area (Å²) in [5.74, 6) is -0.687. The molecule has 0 radical (unpaired) electrons. The van der Waals surface area contributed by atoms with Gasteiger partial charge in [0.25, 0.3) is 11.8 Å². The number of thiazole rings is 1. The summed E-state index contributed by atoms with van der Waals surface area (Å²) in [6.45, 7) is 4.19. The SMILES string of the molecule is CC(C)c1sc(NC(=O)c2ccc(C(N)=O)nc2)nc1-c1ccccc1. The number of aromatic nitrogens is 2. The number of primary amides is 1. The highest BCUT2D eigenvalue weighted by Crippen LogP contribution is 2.36. The molecule has 3 aromatic rings. The van der Waals surface area contributed by atoms with E-state index < -0.39 is 5.91 Å². The first-order valence-corrected chi connectivity index (χ1v) is 8.90. The fraction of sp³-hybridized carbons (Fsp3) is 0.158. The van der Waals surface area contributed by atoms with Gasteiger partial charge in [-0.3, -0.25) is 19.9 Å². The van der Waals surface area contributed by atoms with E-state index in [0.717, 1.165) is 16.1 Å². The molecule has 0 fully saturated rings. The number of nitrogens with one attached hydrogen (secondary N) is 1. The monoisotopic (exact) mass is 366 g/mol. The summed E-state index contributed by atoms with van der Waals surface area (Å²) in [5.41, 5.74) is 7.49. The summed E-state index contributed by atoms with van der Waals surface area (Å²) < 4.78 is 0. The number of rotatable bonds is 5. The van der Waals surface area contributed by atoms with E-state index in [9.17, 15) is 9.59 Å². The molecule has 6 nitrogen and oxygen atoms in total. The Morgan fingerprint density at radius 1 is 1.12 bits per heavy atom. The topological polar surface area (TPSA) is 98.0 Å². The smallest absolute Gasteiger partial charge is 0.267 e. The Morgan fingerprint density at radius 3 is 2.42 bits per heavy atom. The number of benzene rings is 1. The van der Waals surface area contributed by atoms with Crippen LogP contribution in [0, 0.1) is 0 Å². The van der Waals surface area contributed by atoms with Crippen molar-refractivity contribution in [2.45, 2.75) is 19.8 Å². The molecule has 0 aliphatic carbocycles. The van der Waals surface area contributed by atoms with E-state index >= 15 is 0 Å². The summed E-state index contributed by atoms with van der Waals surface area (Å²) >= 11 is 1.46. The predicted octanol–water partition coefficient (Wildman–Crippen LogP) is 3.68. The van der Waals surface area contributed by atoms with Crippen molar-refractivity contribution in [2.24, 2.45) is 5.73 Å². The van der Waals surface area contributed by atoms with Crippen LogP contribution < -0.4 is 11.1 Å². The van der Waals surface area contributed by atoms with E-state index in [4.69, 9.17) is 5.73 Å². The Balaban J connectivity index is 1.86. The summed E-state index contributed by atoms with van der Waals surface area (Å²) in [6.07, 6.45) is 1.32. The predicted molar refractivity (Wildman–Crippen MR) is 102 cm³/mol. The van der Waals surface area contributed by atoms with Gasteiger partial charge in [-0.2, -0.15) is 0 Å². The maximum Gasteiger partial charge on any atom is 0.267 e. The van der Waals surface area contributed by atoms with Gasteiger partial charge >= 0.3 is 0 Å². The molecule has 0 saturated carbocycles. The summed E-state index contributed by atoms with van der Waals surface area (Å²) in [6, 6.07) is 12.8. The van der Waals surface area contributed by atoms with Crippen LogP contribution in [0.5, 0.6) is 0 Å². The van der Waals surface area contributed by atoms with Crippen molar-refractivity contribution >= 4 is 28.3 Å². The van der Waals surface area contributed by atoms with Crippen LogP contribution in [0.2, 0.25) is 0 Å². The van der Waals surface area contributed by atoms with Crippen molar-refractivity contribution < 1.29 is 9.59 Å². The van der Waals surface area contributed by atoms with E-state index in [0.29, 0.717) is 10.7 Å². The largest absolute Gasteiger partial charge is 0.364 e. The fourth-order valence-electron chi connectivity index (χ4n) is 2.42. The van der Waals surface area contributed by atoms with Gasteiger partial charge in [0.2, 0.25) is 0 Å². The summed E-state index contributed by atoms with van der Waals surface area (Å²) in [5, 5.41) is 3.33. The van der Waals surface area contributed by atoms with Gasteiger partial charge in [0.1, 0.15) is 5.69 Å². The van der Waals surface area contributed by atoms with Crippen LogP contribution in [-0.2, 0) is 0 Å². The second-order valence-electron chi connectivity index (χ2n) is 6.00. The molecule has 0 unspecified atom stereocenters. The lowest BCUT2D eigenvalue weighted by molar-refractivity contribution is 0.0990. The third kappa shape index (κ3) is 3.78. The molecule has 0 atom stereocenters. The highest BCUT2D eigenvalue weighted by Gasteiger charge is 2.18. The highest BCUT2D eigenvalue weighted by molar-refractivity contribution is 7.16. The average molecular weight is 366 g/mol. The van der Waals surface area contributed by atoms with Crippen molar-refractivity contribution in [2.75, 3.05) is 5.32 Å². The van der Waals surface area contributed by atoms with Crippen molar-refractivity contribution in [3.05, 3.63) is 64.8 Å². The lowest BCUT2D eigenvalue weighted by Gasteiger charge is -2.04. The number of amides is 2. The van der Waals surface area contributed by atoms with E-state index in [-0.39, 0.29) is 17.5 Å². The van der Waals surface area contributed by atoms with Gasteiger partial charge in [-0.25, -0.2) is 4.98 Å². The third-order valence-corrected chi connectivity index (χ3v) is 4.99. The first-order chi connectivity index (χ1) is 12.5. The Kier molecular flexibility index (Phi) is 5.09. The Morgan fingerprint density at radius 2 is 1.85 bits per heavy atom. The maximum absolute atomic E-state index is 12.4.